The maximum absolute atomic E-state index is 10.7. The van der Waals surface area contributed by atoms with E-state index in [1.807, 2.05) is 20.8 Å². The van der Waals surface area contributed by atoms with Crippen LogP contribution in [0, 0.1) is 0 Å². The van der Waals surface area contributed by atoms with Crippen LogP contribution in [0.2, 0.25) is 30.2 Å². The van der Waals surface area contributed by atoms with E-state index in [0.29, 0.717) is 6.04 Å². The molecule has 0 aromatic carbocycles. The lowest BCUT2D eigenvalue weighted by molar-refractivity contribution is 0.200. The smallest absolute Gasteiger partial charge is 0.414 e. The van der Waals surface area contributed by atoms with Gasteiger partial charge < -0.3 is 25.4 Å². The molecule has 1 aliphatic rings. The molecule has 1 heterocycles. The molecule has 0 bridgehead atoms. The Bertz CT molecular complexity index is 277. The van der Waals surface area contributed by atoms with Crippen LogP contribution in [0.5, 0.6) is 0 Å². The van der Waals surface area contributed by atoms with E-state index < -0.39 is 45.9 Å². The van der Waals surface area contributed by atoms with Gasteiger partial charge in [-0.1, -0.05) is 34.6 Å². The Morgan fingerprint density at radius 1 is 0.667 bits per heavy atom. The monoisotopic (exact) mass is 382 g/mol. The van der Waals surface area contributed by atoms with E-state index in [9.17, 15) is 4.80 Å². The zero-order chi connectivity index (χ0) is 15.9. The third-order valence-corrected chi connectivity index (χ3v) is 15.9. The zero-order valence-electron chi connectivity index (χ0n) is 13.5. The number of hydrogen-bond acceptors (Lipinski definition) is 6. The molecule has 11 heteroatoms. The van der Waals surface area contributed by atoms with Gasteiger partial charge in [0.25, 0.3) is 0 Å². The van der Waals surface area contributed by atoms with Crippen LogP contribution in [0.4, 0.5) is 0 Å². The zero-order valence-corrected chi connectivity index (χ0v) is 18.5. The lowest BCUT2D eigenvalue weighted by atomic mass is 11.0. The Morgan fingerprint density at radius 2 is 1.00 bits per heavy atom. The molecule has 1 fully saturated rings. The SMILES string of the molecule is CC[Si]1O[Si](CC)O[Si](CC)O[Si](O)(CC)O[Si](CC)O1. The molecule has 1 rings (SSSR count). The highest BCUT2D eigenvalue weighted by Gasteiger charge is 2.44. The normalized spacial score (nSPS) is 24.3. The fraction of sp³-hybridized carbons (Fsp3) is 1.00. The topological polar surface area (TPSA) is 66.4 Å². The van der Waals surface area contributed by atoms with E-state index in [0.717, 1.165) is 24.2 Å². The quantitative estimate of drug-likeness (QED) is 0.734. The minimum Gasteiger partial charge on any atom is -0.414 e. The van der Waals surface area contributed by atoms with Crippen molar-refractivity contribution in [1.29, 1.82) is 0 Å². The Morgan fingerprint density at radius 3 is 1.29 bits per heavy atom. The van der Waals surface area contributed by atoms with E-state index in [1.54, 1.807) is 0 Å². The van der Waals surface area contributed by atoms with Gasteiger partial charge in [-0.2, -0.15) is 0 Å². The summed E-state index contributed by atoms with van der Waals surface area (Å²) in [6.45, 7) is 10.1. The summed E-state index contributed by atoms with van der Waals surface area (Å²) in [6.07, 6.45) is 0. The Kier molecular flexibility index (Phi) is 9.34. The van der Waals surface area contributed by atoms with Crippen LogP contribution in [-0.2, 0) is 20.6 Å². The predicted molar refractivity (Wildman–Crippen MR) is 88.8 cm³/mol. The Balaban J connectivity index is 2.93. The fourth-order valence-electron chi connectivity index (χ4n) is 1.56. The third-order valence-electron chi connectivity index (χ3n) is 2.83. The molecule has 21 heavy (non-hydrogen) atoms. The fourth-order valence-corrected chi connectivity index (χ4v) is 15.9. The first-order valence-corrected chi connectivity index (χ1v) is 15.6. The van der Waals surface area contributed by atoms with Gasteiger partial charge in [0.1, 0.15) is 0 Å². The van der Waals surface area contributed by atoms with E-state index in [2.05, 4.69) is 13.8 Å². The van der Waals surface area contributed by atoms with Gasteiger partial charge in [-0.15, -0.1) is 0 Å². The minimum absolute atomic E-state index is 0.491. The summed E-state index contributed by atoms with van der Waals surface area (Å²) in [6, 6.07) is 3.72. The van der Waals surface area contributed by atoms with Crippen molar-refractivity contribution in [2.45, 2.75) is 64.8 Å². The van der Waals surface area contributed by atoms with Crippen LogP contribution >= 0.6 is 0 Å². The molecule has 0 spiro atoms. The molecule has 0 aromatic rings. The molecule has 0 atom stereocenters. The summed E-state index contributed by atoms with van der Waals surface area (Å²) in [5, 5.41) is 0. The molecule has 0 aromatic heterocycles. The lowest BCUT2D eigenvalue weighted by Crippen LogP contribution is -2.55. The number of hydrogen-bond donors (Lipinski definition) is 1. The van der Waals surface area contributed by atoms with Crippen molar-refractivity contribution >= 4 is 45.9 Å². The van der Waals surface area contributed by atoms with Crippen molar-refractivity contribution in [2.24, 2.45) is 0 Å². The standard InChI is InChI=1S/C10H26O6Si5/c1-6-17-12-18(7-2)14-20(9-4)16-21(11,10-5)15-19(8-3)13-17/h11H,6-10H2,1-5H3. The first-order valence-electron chi connectivity index (χ1n) is 7.57. The summed E-state index contributed by atoms with van der Waals surface area (Å²) in [5.74, 6) is 0. The van der Waals surface area contributed by atoms with Gasteiger partial charge in [0.2, 0.25) is 0 Å². The third kappa shape index (κ3) is 6.46. The molecule has 6 nitrogen and oxygen atoms in total. The van der Waals surface area contributed by atoms with Crippen molar-refractivity contribution in [3.8, 4) is 0 Å². The van der Waals surface area contributed by atoms with Crippen molar-refractivity contribution in [3.05, 3.63) is 0 Å². The molecule has 1 aliphatic heterocycles. The summed E-state index contributed by atoms with van der Waals surface area (Å²) in [5.41, 5.74) is 0. The summed E-state index contributed by atoms with van der Waals surface area (Å²) in [7, 11) is -9.03. The molecular weight excluding hydrogens is 357 g/mol. The Labute approximate surface area is 136 Å². The van der Waals surface area contributed by atoms with Crippen LogP contribution in [0.1, 0.15) is 34.6 Å². The summed E-state index contributed by atoms with van der Waals surface area (Å²) in [4.78, 5) is 10.7. The van der Waals surface area contributed by atoms with Crippen molar-refractivity contribution in [2.75, 3.05) is 0 Å². The van der Waals surface area contributed by atoms with Gasteiger partial charge in [0, 0.05) is 6.04 Å². The van der Waals surface area contributed by atoms with E-state index in [-0.39, 0.29) is 0 Å². The van der Waals surface area contributed by atoms with Crippen molar-refractivity contribution in [1.82, 2.24) is 0 Å². The van der Waals surface area contributed by atoms with E-state index in [1.165, 1.54) is 0 Å². The minimum atomic E-state index is -3.18. The van der Waals surface area contributed by atoms with Crippen molar-refractivity contribution < 1.29 is 25.4 Å². The summed E-state index contributed by atoms with van der Waals surface area (Å²) < 4.78 is 29.9. The lowest BCUT2D eigenvalue weighted by Gasteiger charge is -2.34. The molecular formula is C10H26O6Si5. The molecule has 0 unspecified atom stereocenters. The van der Waals surface area contributed by atoms with Gasteiger partial charge in [-0.3, -0.25) is 0 Å². The average Bonchev–Trinajstić information content (AvgIpc) is 2.51. The molecule has 4 radical (unpaired) electrons. The van der Waals surface area contributed by atoms with E-state index >= 15 is 0 Å². The largest absolute Gasteiger partial charge is 0.479 e. The molecule has 0 aliphatic carbocycles. The average molecular weight is 383 g/mol. The second kappa shape index (κ2) is 9.87. The molecule has 0 amide bonds. The van der Waals surface area contributed by atoms with Crippen LogP contribution in [0.25, 0.3) is 0 Å². The van der Waals surface area contributed by atoms with Gasteiger partial charge in [-0.05, 0) is 24.2 Å². The van der Waals surface area contributed by atoms with Crippen molar-refractivity contribution in [3.63, 3.8) is 0 Å². The second-order valence-corrected chi connectivity index (χ2v) is 16.5. The molecule has 1 N–H and O–H groups in total. The van der Waals surface area contributed by atoms with Crippen LogP contribution in [0.3, 0.4) is 0 Å². The highest BCUT2D eigenvalue weighted by molar-refractivity contribution is 6.78. The first-order chi connectivity index (χ1) is 10.00. The second-order valence-electron chi connectivity index (χ2n) is 4.48. The predicted octanol–water partition coefficient (Wildman–Crippen LogP) is 2.07. The van der Waals surface area contributed by atoms with Gasteiger partial charge >= 0.3 is 45.9 Å². The summed E-state index contributed by atoms with van der Waals surface area (Å²) >= 11 is 0. The number of rotatable bonds is 5. The van der Waals surface area contributed by atoms with Crippen LogP contribution in [-0.4, -0.2) is 50.7 Å². The van der Waals surface area contributed by atoms with Crippen LogP contribution in [0.15, 0.2) is 0 Å². The first kappa shape index (κ1) is 19.9. The molecule has 122 valence electrons. The Hall–Kier alpha value is 0.844. The van der Waals surface area contributed by atoms with Gasteiger partial charge in [0.05, 0.1) is 0 Å². The highest BCUT2D eigenvalue weighted by Crippen LogP contribution is 2.20. The molecule has 1 saturated heterocycles. The van der Waals surface area contributed by atoms with Gasteiger partial charge in [-0.25, -0.2) is 0 Å². The van der Waals surface area contributed by atoms with E-state index in [4.69, 9.17) is 20.6 Å². The maximum Gasteiger partial charge on any atom is 0.479 e. The van der Waals surface area contributed by atoms with Gasteiger partial charge in [0.15, 0.2) is 0 Å². The molecule has 0 saturated carbocycles. The maximum atomic E-state index is 10.7. The highest BCUT2D eigenvalue weighted by atomic mass is 28.5. The van der Waals surface area contributed by atoms with Crippen LogP contribution < -0.4 is 0 Å².